The zero-order chi connectivity index (χ0) is 21.9. The number of hydrogen-bond acceptors (Lipinski definition) is 8. The summed E-state index contributed by atoms with van der Waals surface area (Å²) in [5, 5.41) is 8.48. The van der Waals surface area contributed by atoms with Gasteiger partial charge in [-0.05, 0) is 18.2 Å². The highest BCUT2D eigenvalue weighted by Gasteiger charge is 2.38. The highest BCUT2D eigenvalue weighted by Crippen LogP contribution is 2.29. The maximum Gasteiger partial charge on any atom is 0.453 e. The van der Waals surface area contributed by atoms with Crippen LogP contribution in [0.1, 0.15) is 5.82 Å². The van der Waals surface area contributed by atoms with Crippen molar-refractivity contribution in [3.05, 3.63) is 30.1 Å². The normalized spacial score (nSPS) is 15.8. The van der Waals surface area contributed by atoms with Crippen LogP contribution in [-0.2, 0) is 25.7 Å². The minimum absolute atomic E-state index is 0.00590. The van der Waals surface area contributed by atoms with Crippen molar-refractivity contribution in [3.63, 3.8) is 0 Å². The Labute approximate surface area is 173 Å². The molecule has 1 saturated heterocycles. The molecule has 10 nitrogen and oxygen atoms in total. The minimum atomic E-state index is -4.77. The molecule has 2 aromatic rings. The molecule has 0 atom stereocenters. The highest BCUT2D eigenvalue weighted by atomic mass is 32.2. The maximum atomic E-state index is 12.7. The van der Waals surface area contributed by atoms with Gasteiger partial charge in [-0.3, -0.25) is 4.79 Å². The van der Waals surface area contributed by atoms with E-state index in [1.165, 1.54) is 28.6 Å². The Morgan fingerprint density at radius 1 is 1.27 bits per heavy atom. The Morgan fingerprint density at radius 2 is 1.97 bits per heavy atom. The Morgan fingerprint density at radius 3 is 2.60 bits per heavy atom. The fraction of sp³-hybridized carbons (Fsp3) is 0.400. The van der Waals surface area contributed by atoms with Crippen molar-refractivity contribution in [1.29, 1.82) is 0 Å². The predicted molar refractivity (Wildman–Crippen MR) is 101 cm³/mol. The summed E-state index contributed by atoms with van der Waals surface area (Å²) in [4.78, 5) is 12.1. The molecule has 1 aromatic heterocycles. The Bertz CT molecular complexity index is 1020. The van der Waals surface area contributed by atoms with Crippen molar-refractivity contribution in [2.24, 2.45) is 0 Å². The number of amides is 1. The molecule has 1 amide bonds. The largest absolute Gasteiger partial charge is 0.453 e. The van der Waals surface area contributed by atoms with E-state index in [0.717, 1.165) is 0 Å². The van der Waals surface area contributed by atoms with Crippen LogP contribution < -0.4 is 11.2 Å². The highest BCUT2D eigenvalue weighted by molar-refractivity contribution is 7.99. The molecule has 0 spiro atoms. The lowest BCUT2D eigenvalue weighted by atomic mass is 10.3. The summed E-state index contributed by atoms with van der Waals surface area (Å²) in [5.74, 6) is 3.03. The van der Waals surface area contributed by atoms with E-state index in [1.54, 1.807) is 0 Å². The second-order valence-electron chi connectivity index (χ2n) is 6.06. The molecular formula is C15H17F3N6O4S2. The van der Waals surface area contributed by atoms with E-state index in [-0.39, 0.29) is 39.3 Å². The standard InChI is InChI=1S/C15H17F3N6O4S2/c16-15(17,18)13-21-22-14(24(13)19)29-9-12(25)20-10-2-1-3-11(8-10)30(26,27)23-4-6-28-7-5-23/h1-3,8H,4-7,9,19H2,(H,20,25). The number of benzene rings is 1. The number of nitrogen functional groups attached to an aromatic ring is 1. The number of aromatic nitrogens is 3. The van der Waals surface area contributed by atoms with Crippen LogP contribution in [-0.4, -0.2) is 65.6 Å². The van der Waals surface area contributed by atoms with Gasteiger partial charge in [0.25, 0.3) is 5.82 Å². The van der Waals surface area contributed by atoms with E-state index in [4.69, 9.17) is 10.6 Å². The summed E-state index contributed by atoms with van der Waals surface area (Å²) in [6.45, 7) is 1.06. The van der Waals surface area contributed by atoms with Gasteiger partial charge in [-0.2, -0.15) is 17.5 Å². The average molecular weight is 466 g/mol. The molecule has 1 aromatic carbocycles. The van der Waals surface area contributed by atoms with E-state index in [0.29, 0.717) is 25.0 Å². The molecule has 30 heavy (non-hydrogen) atoms. The lowest BCUT2D eigenvalue weighted by molar-refractivity contribution is -0.146. The molecule has 3 N–H and O–H groups in total. The smallest absolute Gasteiger partial charge is 0.379 e. The first kappa shape index (κ1) is 22.3. The molecule has 2 heterocycles. The summed E-state index contributed by atoms with van der Waals surface area (Å²) in [6.07, 6.45) is -4.77. The topological polar surface area (TPSA) is 132 Å². The van der Waals surface area contributed by atoms with Gasteiger partial charge in [-0.1, -0.05) is 17.8 Å². The van der Waals surface area contributed by atoms with Crippen LogP contribution in [0, 0.1) is 0 Å². The number of hydrogen-bond donors (Lipinski definition) is 2. The number of nitrogens with zero attached hydrogens (tertiary/aromatic N) is 4. The summed E-state index contributed by atoms with van der Waals surface area (Å²) in [5.41, 5.74) is 0.222. The fourth-order valence-corrected chi connectivity index (χ4v) is 4.68. The fourth-order valence-electron chi connectivity index (χ4n) is 2.57. The van der Waals surface area contributed by atoms with Crippen LogP contribution in [0.3, 0.4) is 0 Å². The van der Waals surface area contributed by atoms with Crippen LogP contribution >= 0.6 is 11.8 Å². The molecule has 0 unspecified atom stereocenters. The van der Waals surface area contributed by atoms with Crippen molar-refractivity contribution in [2.45, 2.75) is 16.2 Å². The lowest BCUT2D eigenvalue weighted by Gasteiger charge is -2.26. The monoisotopic (exact) mass is 466 g/mol. The van der Waals surface area contributed by atoms with Gasteiger partial charge in [-0.25, -0.2) is 13.1 Å². The zero-order valence-electron chi connectivity index (χ0n) is 15.3. The molecule has 0 radical (unpaired) electrons. The number of sulfonamides is 1. The summed E-state index contributed by atoms with van der Waals surface area (Å²) in [7, 11) is -3.74. The Balaban J connectivity index is 1.64. The number of rotatable bonds is 6. The van der Waals surface area contributed by atoms with Crippen molar-refractivity contribution in [1.82, 2.24) is 19.2 Å². The van der Waals surface area contributed by atoms with Gasteiger partial charge >= 0.3 is 6.18 Å². The number of anilines is 1. The minimum Gasteiger partial charge on any atom is -0.379 e. The number of carbonyl (C=O) groups is 1. The van der Waals surface area contributed by atoms with Crippen LogP contribution in [0.2, 0.25) is 0 Å². The van der Waals surface area contributed by atoms with Gasteiger partial charge in [-0.15, -0.1) is 10.2 Å². The first-order valence-corrected chi connectivity index (χ1v) is 10.9. The van der Waals surface area contributed by atoms with Gasteiger partial charge < -0.3 is 15.9 Å². The lowest BCUT2D eigenvalue weighted by Crippen LogP contribution is -2.40. The van der Waals surface area contributed by atoms with Crippen LogP contribution in [0.5, 0.6) is 0 Å². The van der Waals surface area contributed by atoms with Crippen LogP contribution in [0.4, 0.5) is 18.9 Å². The molecule has 0 saturated carbocycles. The molecular weight excluding hydrogens is 449 g/mol. The second kappa shape index (κ2) is 8.79. The molecule has 1 aliphatic heterocycles. The Kier molecular flexibility index (Phi) is 6.54. The third-order valence-corrected chi connectivity index (χ3v) is 6.81. The molecule has 0 aliphatic carbocycles. The second-order valence-corrected chi connectivity index (χ2v) is 8.94. The SMILES string of the molecule is Nn1c(SCC(=O)Nc2cccc(S(=O)(=O)N3CCOCC3)c2)nnc1C(F)(F)F. The van der Waals surface area contributed by atoms with Crippen molar-refractivity contribution >= 4 is 33.4 Å². The van der Waals surface area contributed by atoms with Crippen molar-refractivity contribution in [3.8, 4) is 0 Å². The third kappa shape index (κ3) is 5.03. The molecule has 164 valence electrons. The molecule has 1 aliphatic rings. The summed E-state index contributed by atoms with van der Waals surface area (Å²) < 4.78 is 70.1. The van der Waals surface area contributed by atoms with E-state index in [9.17, 15) is 26.4 Å². The van der Waals surface area contributed by atoms with Gasteiger partial charge in [0.2, 0.25) is 21.1 Å². The summed E-state index contributed by atoms with van der Waals surface area (Å²) >= 11 is 0.656. The van der Waals surface area contributed by atoms with Gasteiger partial charge in [0.15, 0.2) is 0 Å². The number of nitrogens with one attached hydrogen (secondary N) is 1. The summed E-state index contributed by atoms with van der Waals surface area (Å²) in [6, 6.07) is 5.68. The first-order valence-electron chi connectivity index (χ1n) is 8.47. The number of morpholine rings is 1. The average Bonchev–Trinajstić information content (AvgIpc) is 3.08. The van der Waals surface area contributed by atoms with E-state index in [1.807, 2.05) is 0 Å². The number of alkyl halides is 3. The number of carbonyl (C=O) groups excluding carboxylic acids is 1. The number of nitrogens with two attached hydrogens (primary N) is 1. The van der Waals surface area contributed by atoms with Crippen molar-refractivity contribution in [2.75, 3.05) is 43.2 Å². The quantitative estimate of drug-likeness (QED) is 0.471. The molecule has 15 heteroatoms. The van der Waals surface area contributed by atoms with Crippen LogP contribution in [0.15, 0.2) is 34.3 Å². The number of ether oxygens (including phenoxy) is 1. The van der Waals surface area contributed by atoms with E-state index >= 15 is 0 Å². The van der Waals surface area contributed by atoms with E-state index in [2.05, 4.69) is 15.5 Å². The number of halogens is 3. The molecule has 3 rings (SSSR count). The van der Waals surface area contributed by atoms with Crippen LogP contribution in [0.25, 0.3) is 0 Å². The molecule has 1 fully saturated rings. The predicted octanol–water partition coefficient (Wildman–Crippen LogP) is 0.762. The maximum absolute atomic E-state index is 12.7. The van der Waals surface area contributed by atoms with Gasteiger partial charge in [0.1, 0.15) is 0 Å². The Hall–Kier alpha value is -2.36. The van der Waals surface area contributed by atoms with Gasteiger partial charge in [0.05, 0.1) is 23.9 Å². The van der Waals surface area contributed by atoms with Crippen molar-refractivity contribution < 1.29 is 31.1 Å². The van der Waals surface area contributed by atoms with Gasteiger partial charge in [0, 0.05) is 18.8 Å². The first-order chi connectivity index (χ1) is 14.1. The zero-order valence-corrected chi connectivity index (χ0v) is 16.9. The number of thioether (sulfide) groups is 1. The molecule has 0 bridgehead atoms. The van der Waals surface area contributed by atoms with E-state index < -0.39 is 27.9 Å². The third-order valence-electron chi connectivity index (χ3n) is 3.98.